The van der Waals surface area contributed by atoms with Crippen LogP contribution in [0.1, 0.15) is 31.7 Å². The van der Waals surface area contributed by atoms with Gasteiger partial charge < -0.3 is 9.84 Å². The molecule has 4 nitrogen and oxygen atoms in total. The van der Waals surface area contributed by atoms with Crippen LogP contribution in [0.15, 0.2) is 18.2 Å². The lowest BCUT2D eigenvalue weighted by Crippen LogP contribution is -2.51. The van der Waals surface area contributed by atoms with Crippen LogP contribution in [-0.4, -0.2) is 29.3 Å². The highest BCUT2D eigenvalue weighted by atomic mass is 19.1. The molecule has 1 saturated carbocycles. The van der Waals surface area contributed by atoms with Crippen LogP contribution in [0.25, 0.3) is 0 Å². The molecule has 1 fully saturated rings. The van der Waals surface area contributed by atoms with E-state index in [9.17, 15) is 14.3 Å². The number of ether oxygens (including phenoxy) is 1. The normalized spacial score (nSPS) is 17.6. The van der Waals surface area contributed by atoms with Crippen LogP contribution in [0, 0.1) is 12.7 Å². The van der Waals surface area contributed by atoms with E-state index >= 15 is 0 Å². The molecule has 110 valence electrons. The van der Waals surface area contributed by atoms with Crippen molar-refractivity contribution in [2.24, 2.45) is 0 Å². The van der Waals surface area contributed by atoms with Gasteiger partial charge in [-0.3, -0.25) is 10.1 Å². The lowest BCUT2D eigenvalue weighted by Gasteiger charge is -2.26. The van der Waals surface area contributed by atoms with Crippen molar-refractivity contribution in [2.45, 2.75) is 44.7 Å². The molecule has 1 atom stereocenters. The van der Waals surface area contributed by atoms with Crippen LogP contribution < -0.4 is 10.1 Å². The number of rotatable bonds is 7. The van der Waals surface area contributed by atoms with Gasteiger partial charge in [-0.2, -0.15) is 0 Å². The van der Waals surface area contributed by atoms with Gasteiger partial charge in [-0.25, -0.2) is 4.39 Å². The molecule has 0 aromatic heterocycles. The zero-order valence-corrected chi connectivity index (χ0v) is 11.8. The Morgan fingerprint density at radius 2 is 2.25 bits per heavy atom. The quantitative estimate of drug-likeness (QED) is 0.806. The van der Waals surface area contributed by atoms with Gasteiger partial charge in [0.1, 0.15) is 17.1 Å². The maximum absolute atomic E-state index is 13.1. The van der Waals surface area contributed by atoms with Crippen molar-refractivity contribution in [1.82, 2.24) is 5.32 Å². The minimum absolute atomic E-state index is 0.271. The largest absolute Gasteiger partial charge is 0.493 e. The maximum atomic E-state index is 13.1. The van der Waals surface area contributed by atoms with E-state index in [0.717, 1.165) is 12.8 Å². The number of carbonyl (C=O) groups is 1. The van der Waals surface area contributed by atoms with E-state index in [1.54, 1.807) is 26.0 Å². The molecule has 1 aliphatic carbocycles. The molecule has 1 aromatic rings. The van der Waals surface area contributed by atoms with E-state index in [4.69, 9.17) is 4.74 Å². The van der Waals surface area contributed by atoms with Crippen LogP contribution >= 0.6 is 0 Å². The fourth-order valence-corrected chi connectivity index (χ4v) is 2.00. The highest BCUT2D eigenvalue weighted by Crippen LogP contribution is 2.24. The number of aliphatic carboxylic acids is 1. The summed E-state index contributed by atoms with van der Waals surface area (Å²) in [6.45, 7) is 3.61. The van der Waals surface area contributed by atoms with E-state index < -0.39 is 11.5 Å². The molecule has 0 bridgehead atoms. The lowest BCUT2D eigenvalue weighted by atomic mass is 9.98. The third-order valence-corrected chi connectivity index (χ3v) is 3.57. The zero-order chi connectivity index (χ0) is 14.8. The molecular weight excluding hydrogens is 261 g/mol. The van der Waals surface area contributed by atoms with Crippen LogP contribution in [0.4, 0.5) is 4.39 Å². The first kappa shape index (κ1) is 14.8. The summed E-state index contributed by atoms with van der Waals surface area (Å²) < 4.78 is 18.6. The molecule has 0 saturated heterocycles. The van der Waals surface area contributed by atoms with Crippen LogP contribution in [0.3, 0.4) is 0 Å². The lowest BCUT2D eigenvalue weighted by molar-refractivity contribution is -0.144. The molecule has 5 heteroatoms. The summed E-state index contributed by atoms with van der Waals surface area (Å²) in [6.07, 6.45) is 2.41. The average molecular weight is 281 g/mol. The third kappa shape index (κ3) is 3.70. The number of hydrogen-bond acceptors (Lipinski definition) is 3. The number of nitrogens with one attached hydrogen (secondary N) is 1. The predicted molar refractivity (Wildman–Crippen MR) is 73.4 cm³/mol. The van der Waals surface area contributed by atoms with Crippen molar-refractivity contribution in [2.75, 3.05) is 6.61 Å². The number of halogens is 1. The van der Waals surface area contributed by atoms with Gasteiger partial charge in [0.15, 0.2) is 0 Å². The van der Waals surface area contributed by atoms with E-state index in [1.165, 1.54) is 6.07 Å². The SMILES string of the molecule is Cc1cc(OCCC(C)(NC2CC2)C(=O)O)ccc1F. The van der Waals surface area contributed by atoms with Gasteiger partial charge in [-0.1, -0.05) is 0 Å². The fraction of sp³-hybridized carbons (Fsp3) is 0.533. The van der Waals surface area contributed by atoms with Crippen molar-refractivity contribution in [3.05, 3.63) is 29.6 Å². The fourth-order valence-electron chi connectivity index (χ4n) is 2.00. The Morgan fingerprint density at radius 3 is 2.80 bits per heavy atom. The van der Waals surface area contributed by atoms with Gasteiger partial charge in [-0.15, -0.1) is 0 Å². The number of benzene rings is 1. The number of carboxylic acid groups (broad SMARTS) is 1. The molecule has 2 rings (SSSR count). The second kappa shape index (κ2) is 5.79. The average Bonchev–Trinajstić information content (AvgIpc) is 3.17. The smallest absolute Gasteiger partial charge is 0.323 e. The van der Waals surface area contributed by atoms with Crippen molar-refractivity contribution < 1.29 is 19.0 Å². The van der Waals surface area contributed by atoms with Crippen LogP contribution in [0.5, 0.6) is 5.75 Å². The second-order valence-electron chi connectivity index (χ2n) is 5.57. The summed E-state index contributed by atoms with van der Waals surface area (Å²) in [7, 11) is 0. The van der Waals surface area contributed by atoms with Gasteiger partial charge in [-0.05, 0) is 50.5 Å². The van der Waals surface area contributed by atoms with Gasteiger partial charge in [0.2, 0.25) is 0 Å². The highest BCUT2D eigenvalue weighted by Gasteiger charge is 2.38. The molecule has 0 amide bonds. The Hall–Kier alpha value is -1.62. The summed E-state index contributed by atoms with van der Waals surface area (Å²) in [4.78, 5) is 11.4. The summed E-state index contributed by atoms with van der Waals surface area (Å²) in [5.74, 6) is -0.588. The van der Waals surface area contributed by atoms with Crippen molar-refractivity contribution in [1.29, 1.82) is 0 Å². The van der Waals surface area contributed by atoms with Crippen LogP contribution in [-0.2, 0) is 4.79 Å². The highest BCUT2D eigenvalue weighted by molar-refractivity contribution is 5.78. The minimum Gasteiger partial charge on any atom is -0.493 e. The van der Waals surface area contributed by atoms with Crippen LogP contribution in [0.2, 0.25) is 0 Å². The number of aryl methyl sites for hydroxylation is 1. The van der Waals surface area contributed by atoms with E-state index in [1.807, 2.05) is 0 Å². The number of hydrogen-bond donors (Lipinski definition) is 2. The third-order valence-electron chi connectivity index (χ3n) is 3.57. The molecule has 1 aromatic carbocycles. The van der Waals surface area contributed by atoms with Gasteiger partial charge in [0.25, 0.3) is 0 Å². The minimum atomic E-state index is -0.976. The Kier molecular flexibility index (Phi) is 4.28. The van der Waals surface area contributed by atoms with Gasteiger partial charge in [0.05, 0.1) is 6.61 Å². The first-order chi connectivity index (χ1) is 9.40. The summed E-state index contributed by atoms with van der Waals surface area (Å²) >= 11 is 0. The van der Waals surface area contributed by atoms with Crippen molar-refractivity contribution in [3.8, 4) is 5.75 Å². The molecule has 1 unspecified atom stereocenters. The second-order valence-corrected chi connectivity index (χ2v) is 5.57. The molecule has 1 aliphatic rings. The number of carboxylic acids is 1. The summed E-state index contributed by atoms with van der Waals surface area (Å²) in [6, 6.07) is 4.82. The van der Waals surface area contributed by atoms with Gasteiger partial charge in [0, 0.05) is 12.5 Å². The molecular formula is C15H20FNO3. The van der Waals surface area contributed by atoms with E-state index in [-0.39, 0.29) is 12.4 Å². The Morgan fingerprint density at radius 1 is 1.55 bits per heavy atom. The molecule has 2 N–H and O–H groups in total. The van der Waals surface area contributed by atoms with E-state index in [0.29, 0.717) is 23.8 Å². The van der Waals surface area contributed by atoms with Gasteiger partial charge >= 0.3 is 5.97 Å². The van der Waals surface area contributed by atoms with Crippen molar-refractivity contribution in [3.63, 3.8) is 0 Å². The summed E-state index contributed by atoms with van der Waals surface area (Å²) in [5, 5.41) is 12.5. The van der Waals surface area contributed by atoms with Crippen molar-refractivity contribution >= 4 is 5.97 Å². The Bertz CT molecular complexity index is 502. The molecule has 0 spiro atoms. The topological polar surface area (TPSA) is 58.6 Å². The predicted octanol–water partition coefficient (Wildman–Crippen LogP) is 2.50. The molecule has 20 heavy (non-hydrogen) atoms. The zero-order valence-electron chi connectivity index (χ0n) is 11.8. The Labute approximate surface area is 117 Å². The Balaban J connectivity index is 1.89. The molecule has 0 heterocycles. The molecule has 0 aliphatic heterocycles. The van der Waals surface area contributed by atoms with E-state index in [2.05, 4.69) is 5.32 Å². The first-order valence-electron chi connectivity index (χ1n) is 6.81. The molecule has 0 radical (unpaired) electrons. The first-order valence-corrected chi connectivity index (χ1v) is 6.81. The summed E-state index contributed by atoms with van der Waals surface area (Å²) in [5.41, 5.74) is -0.462. The standard InChI is InChI=1S/C15H20FNO3/c1-10-9-12(5-6-13(10)16)20-8-7-15(2,14(18)19)17-11-3-4-11/h5-6,9,11,17H,3-4,7-8H2,1-2H3,(H,18,19). The monoisotopic (exact) mass is 281 g/mol. The maximum Gasteiger partial charge on any atom is 0.323 e.